The molecule has 0 heterocycles. The number of carbonyl (C=O) groups is 2. The first kappa shape index (κ1) is 25.2. The minimum Gasteiger partial charge on any atom is -0.423 e. The summed E-state index contributed by atoms with van der Waals surface area (Å²) in [5, 5.41) is 12.0. The number of guanidine groups is 1. The molecule has 0 radical (unpaired) electrons. The molecule has 8 N–H and O–H groups in total. The van der Waals surface area contributed by atoms with Crippen molar-refractivity contribution in [2.45, 2.75) is 6.42 Å². The smallest absolute Gasteiger partial charge is 0.343 e. The van der Waals surface area contributed by atoms with E-state index in [1.807, 2.05) is 19.0 Å². The number of benzene rings is 3. The highest BCUT2D eigenvalue weighted by atomic mass is 16.5. The van der Waals surface area contributed by atoms with Gasteiger partial charge < -0.3 is 32.2 Å². The number of ether oxygens (including phenoxy) is 1. The summed E-state index contributed by atoms with van der Waals surface area (Å²) < 4.78 is 5.63. The molecule has 182 valence electrons. The molecular formula is C25H29N7O3. The fourth-order valence-electron chi connectivity index (χ4n) is 3.40. The number of carbonyl (C=O) groups excluding carboxylic acids is 2. The second kappa shape index (κ2) is 11.1. The van der Waals surface area contributed by atoms with Crippen LogP contribution in [0.3, 0.4) is 0 Å². The summed E-state index contributed by atoms with van der Waals surface area (Å²) >= 11 is 0. The van der Waals surface area contributed by atoms with E-state index in [1.165, 1.54) is 0 Å². The molecule has 3 aromatic carbocycles. The van der Waals surface area contributed by atoms with E-state index in [1.54, 1.807) is 54.6 Å². The number of hydrogen-bond acceptors (Lipinski definition) is 6. The summed E-state index contributed by atoms with van der Waals surface area (Å²) in [5.74, 6) is -0.711. The van der Waals surface area contributed by atoms with Gasteiger partial charge >= 0.3 is 5.97 Å². The van der Waals surface area contributed by atoms with Gasteiger partial charge in [-0.2, -0.15) is 0 Å². The Morgan fingerprint density at radius 3 is 2.31 bits per heavy atom. The number of hydrogen-bond donors (Lipinski definition) is 5. The number of aliphatic imine (C=N–C) groups is 1. The Labute approximate surface area is 203 Å². The van der Waals surface area contributed by atoms with Crippen LogP contribution in [0, 0.1) is 5.41 Å². The number of anilines is 1. The largest absolute Gasteiger partial charge is 0.423 e. The molecule has 10 nitrogen and oxygen atoms in total. The normalized spacial score (nSPS) is 11.5. The summed E-state index contributed by atoms with van der Waals surface area (Å²) in [4.78, 5) is 30.8. The molecule has 0 fully saturated rings. The van der Waals surface area contributed by atoms with Crippen molar-refractivity contribution in [3.63, 3.8) is 0 Å². The molecule has 0 saturated carbocycles. The monoisotopic (exact) mass is 475 g/mol. The number of likely N-dealkylation sites (N-methyl/N-ethyl adjacent to an activating group) is 1. The zero-order chi connectivity index (χ0) is 25.5. The van der Waals surface area contributed by atoms with E-state index in [9.17, 15) is 9.59 Å². The van der Waals surface area contributed by atoms with Gasteiger partial charge in [0.05, 0.1) is 18.5 Å². The van der Waals surface area contributed by atoms with Crippen molar-refractivity contribution in [3.05, 3.63) is 71.3 Å². The molecular weight excluding hydrogens is 446 g/mol. The van der Waals surface area contributed by atoms with Crippen LogP contribution in [0.2, 0.25) is 0 Å². The SMILES string of the molecule is CN(C)CCN=C(N)Nc1ccc(C(=O)Oc2ccc3cc(C(=N)N)ccc3c2CC(N)=O)cc1. The number of esters is 1. The van der Waals surface area contributed by atoms with Crippen LogP contribution in [0.5, 0.6) is 5.75 Å². The molecule has 1 amide bonds. The highest BCUT2D eigenvalue weighted by Crippen LogP contribution is 2.30. The van der Waals surface area contributed by atoms with Crippen molar-refractivity contribution in [1.82, 2.24) is 4.90 Å². The molecule has 0 aliphatic heterocycles. The summed E-state index contributed by atoms with van der Waals surface area (Å²) in [6.07, 6.45) is -0.116. The van der Waals surface area contributed by atoms with E-state index < -0.39 is 11.9 Å². The Hall–Kier alpha value is -4.44. The molecule has 3 aromatic rings. The number of rotatable bonds is 9. The zero-order valence-electron chi connectivity index (χ0n) is 19.7. The van der Waals surface area contributed by atoms with Crippen molar-refractivity contribution < 1.29 is 14.3 Å². The maximum absolute atomic E-state index is 12.8. The third kappa shape index (κ3) is 6.78. The predicted octanol–water partition coefficient (Wildman–Crippen LogP) is 1.66. The molecule has 0 unspecified atom stereocenters. The first-order chi connectivity index (χ1) is 16.6. The van der Waals surface area contributed by atoms with Gasteiger partial charge in [0.1, 0.15) is 11.6 Å². The van der Waals surface area contributed by atoms with Crippen molar-refractivity contribution in [1.29, 1.82) is 5.41 Å². The molecule has 0 aromatic heterocycles. The Bertz CT molecular complexity index is 1280. The lowest BCUT2D eigenvalue weighted by Gasteiger charge is -2.13. The third-order valence-electron chi connectivity index (χ3n) is 5.18. The Kier molecular flexibility index (Phi) is 8.00. The summed E-state index contributed by atoms with van der Waals surface area (Å²) in [5.41, 5.74) is 18.9. The number of nitrogens with one attached hydrogen (secondary N) is 2. The molecule has 35 heavy (non-hydrogen) atoms. The van der Waals surface area contributed by atoms with Crippen molar-refractivity contribution in [2.24, 2.45) is 22.2 Å². The van der Waals surface area contributed by atoms with Crippen LogP contribution in [-0.2, 0) is 11.2 Å². The van der Waals surface area contributed by atoms with Gasteiger partial charge in [-0.25, -0.2) is 4.79 Å². The minimum absolute atomic E-state index is 0.0709. The standard InChI is InChI=1S/C25H29N7O3/c1-32(2)12-11-30-25(29)31-18-7-3-15(4-8-18)24(34)35-21-10-6-16-13-17(23(27)28)5-9-19(16)20(21)14-22(26)33/h3-10,13H,11-12,14H2,1-2H3,(H2,26,33)(H3,27,28)(H3,29,30,31). The van der Waals surface area contributed by atoms with E-state index in [-0.39, 0.29) is 24.0 Å². The van der Waals surface area contributed by atoms with Gasteiger partial charge in [0.25, 0.3) is 0 Å². The topological polar surface area (TPSA) is 173 Å². The summed E-state index contributed by atoms with van der Waals surface area (Å²) in [7, 11) is 3.91. The molecule has 3 rings (SSSR count). The van der Waals surface area contributed by atoms with Crippen LogP contribution < -0.4 is 27.3 Å². The minimum atomic E-state index is -0.588. The number of amides is 1. The van der Waals surface area contributed by atoms with Gasteiger partial charge in [-0.05, 0) is 61.3 Å². The lowest BCUT2D eigenvalue weighted by Crippen LogP contribution is -2.25. The zero-order valence-corrected chi connectivity index (χ0v) is 19.7. The van der Waals surface area contributed by atoms with Crippen molar-refractivity contribution in [2.75, 3.05) is 32.5 Å². The van der Waals surface area contributed by atoms with Gasteiger partial charge in [-0.1, -0.05) is 18.2 Å². The van der Waals surface area contributed by atoms with Crippen LogP contribution in [0.1, 0.15) is 21.5 Å². The first-order valence-corrected chi connectivity index (χ1v) is 10.9. The van der Waals surface area contributed by atoms with Crippen molar-refractivity contribution >= 4 is 40.1 Å². The second-order valence-electron chi connectivity index (χ2n) is 8.20. The molecule has 0 aliphatic rings. The van der Waals surface area contributed by atoms with E-state index in [0.29, 0.717) is 34.3 Å². The van der Waals surface area contributed by atoms with Gasteiger partial charge in [0, 0.05) is 23.4 Å². The third-order valence-corrected chi connectivity index (χ3v) is 5.18. The average Bonchev–Trinajstić information content (AvgIpc) is 2.80. The second-order valence-corrected chi connectivity index (χ2v) is 8.20. The number of nitrogen functional groups attached to an aromatic ring is 1. The highest BCUT2D eigenvalue weighted by molar-refractivity contribution is 6.01. The Morgan fingerprint density at radius 1 is 1.00 bits per heavy atom. The van der Waals surface area contributed by atoms with E-state index in [0.717, 1.165) is 11.9 Å². The highest BCUT2D eigenvalue weighted by Gasteiger charge is 2.16. The van der Waals surface area contributed by atoms with Gasteiger partial charge in [0.15, 0.2) is 5.96 Å². The number of nitrogens with two attached hydrogens (primary N) is 3. The average molecular weight is 476 g/mol. The fourth-order valence-corrected chi connectivity index (χ4v) is 3.40. The first-order valence-electron chi connectivity index (χ1n) is 10.9. The van der Waals surface area contributed by atoms with Crippen LogP contribution in [0.4, 0.5) is 5.69 Å². The predicted molar refractivity (Wildman–Crippen MR) is 138 cm³/mol. The molecule has 0 bridgehead atoms. The number of fused-ring (bicyclic) bond motifs is 1. The lowest BCUT2D eigenvalue weighted by molar-refractivity contribution is -0.117. The molecule has 10 heteroatoms. The van der Waals surface area contributed by atoms with Gasteiger partial charge in [-0.3, -0.25) is 15.2 Å². The summed E-state index contributed by atoms with van der Waals surface area (Å²) in [6, 6.07) is 15.1. The van der Waals surface area contributed by atoms with Crippen LogP contribution >= 0.6 is 0 Å². The van der Waals surface area contributed by atoms with Crippen LogP contribution in [-0.4, -0.2) is 55.8 Å². The number of nitrogens with zero attached hydrogens (tertiary/aromatic N) is 2. The van der Waals surface area contributed by atoms with Crippen molar-refractivity contribution in [3.8, 4) is 5.75 Å². The lowest BCUT2D eigenvalue weighted by atomic mass is 9.98. The van der Waals surface area contributed by atoms with E-state index in [2.05, 4.69) is 10.3 Å². The Morgan fingerprint density at radius 2 is 1.69 bits per heavy atom. The quantitative estimate of drug-likeness (QED) is 0.135. The Balaban J connectivity index is 1.79. The van der Waals surface area contributed by atoms with Gasteiger partial charge in [-0.15, -0.1) is 0 Å². The van der Waals surface area contributed by atoms with Crippen LogP contribution in [0.15, 0.2) is 59.6 Å². The number of primary amides is 1. The maximum Gasteiger partial charge on any atom is 0.343 e. The van der Waals surface area contributed by atoms with Gasteiger partial charge in [0.2, 0.25) is 5.91 Å². The maximum atomic E-state index is 12.8. The summed E-state index contributed by atoms with van der Waals surface area (Å²) in [6.45, 7) is 1.34. The van der Waals surface area contributed by atoms with E-state index in [4.69, 9.17) is 27.3 Å². The fraction of sp³-hybridized carbons (Fsp3) is 0.200. The molecule has 0 spiro atoms. The molecule has 0 atom stereocenters. The number of amidine groups is 1. The van der Waals surface area contributed by atoms with E-state index >= 15 is 0 Å². The molecule has 0 aliphatic carbocycles. The van der Waals surface area contributed by atoms with Crippen LogP contribution in [0.25, 0.3) is 10.8 Å². The molecule has 0 saturated heterocycles.